The van der Waals surface area contributed by atoms with Crippen LogP contribution in [0.4, 0.5) is 5.95 Å². The summed E-state index contributed by atoms with van der Waals surface area (Å²) < 4.78 is 2.10. The molecule has 0 spiro atoms. The van der Waals surface area contributed by atoms with Crippen molar-refractivity contribution >= 4 is 46.1 Å². The first-order chi connectivity index (χ1) is 10.6. The van der Waals surface area contributed by atoms with Crippen molar-refractivity contribution in [3.8, 4) is 0 Å². The first-order valence-corrected chi connectivity index (χ1v) is 7.52. The number of rotatable bonds is 1. The van der Waals surface area contributed by atoms with Crippen LogP contribution in [0, 0.1) is 0 Å². The van der Waals surface area contributed by atoms with E-state index in [0.29, 0.717) is 16.0 Å². The maximum Gasteiger partial charge on any atom is 0.368 e. The Kier molecular flexibility index (Phi) is 2.99. The van der Waals surface area contributed by atoms with Gasteiger partial charge >= 0.3 is 11.9 Å². The quantitative estimate of drug-likeness (QED) is 0.504. The van der Waals surface area contributed by atoms with E-state index in [1.807, 2.05) is 36.4 Å². The van der Waals surface area contributed by atoms with Crippen molar-refractivity contribution < 1.29 is 9.56 Å². The van der Waals surface area contributed by atoms with Gasteiger partial charge in [0.05, 0.1) is 10.0 Å². The molecule has 7 heteroatoms. The number of hydrogen-bond acceptors (Lipinski definition) is 2. The van der Waals surface area contributed by atoms with Crippen LogP contribution in [0.3, 0.4) is 0 Å². The predicted molar refractivity (Wildman–Crippen MR) is 86.9 cm³/mol. The number of H-pyrrole nitrogens is 1. The number of para-hydroxylation sites is 2. The standard InChI is InChI=1S/C15H11Cl2N5/c16-9-6-5-8(7-10(9)17)13-20-14(18)21-15-19-11-3-1-2-4-12(11)22(13)15/h1-7,13H,(H3,18,19,20,21)/p+2/t13-/m1/s1. The Bertz CT molecular complexity index is 915. The molecule has 2 heterocycles. The number of nitrogens with two attached hydrogens (primary N) is 1. The Morgan fingerprint density at radius 1 is 1.09 bits per heavy atom. The molecule has 1 atom stereocenters. The largest absolute Gasteiger partial charge is 0.368 e. The van der Waals surface area contributed by atoms with Gasteiger partial charge in [0.25, 0.3) is 0 Å². The van der Waals surface area contributed by atoms with Crippen LogP contribution in [0.15, 0.2) is 42.5 Å². The van der Waals surface area contributed by atoms with E-state index in [-0.39, 0.29) is 6.17 Å². The smallest absolute Gasteiger partial charge is 0.290 e. The van der Waals surface area contributed by atoms with E-state index in [1.54, 1.807) is 6.07 Å². The van der Waals surface area contributed by atoms with Crippen molar-refractivity contribution in [1.82, 2.24) is 4.98 Å². The Balaban J connectivity index is 1.96. The molecular weight excluding hydrogens is 321 g/mol. The molecule has 4 rings (SSSR count). The van der Waals surface area contributed by atoms with Gasteiger partial charge in [-0.05, 0) is 24.3 Å². The van der Waals surface area contributed by atoms with Crippen molar-refractivity contribution in [1.29, 1.82) is 0 Å². The summed E-state index contributed by atoms with van der Waals surface area (Å²) in [7, 11) is 0. The highest BCUT2D eigenvalue weighted by atomic mass is 35.5. The summed E-state index contributed by atoms with van der Waals surface area (Å²) in [4.78, 5) is 6.56. The average Bonchev–Trinajstić information content (AvgIpc) is 2.87. The molecule has 0 radical (unpaired) electrons. The zero-order valence-electron chi connectivity index (χ0n) is 11.4. The van der Waals surface area contributed by atoms with Crippen LogP contribution in [-0.2, 0) is 0 Å². The highest BCUT2D eigenvalue weighted by Gasteiger charge is 2.32. The third-order valence-corrected chi connectivity index (χ3v) is 4.46. The van der Waals surface area contributed by atoms with Crippen molar-refractivity contribution in [2.75, 3.05) is 5.32 Å². The van der Waals surface area contributed by atoms with E-state index in [9.17, 15) is 0 Å². The Labute approximate surface area is 136 Å². The van der Waals surface area contributed by atoms with Crippen molar-refractivity contribution in [3.05, 3.63) is 58.1 Å². The number of aromatic nitrogens is 2. The summed E-state index contributed by atoms with van der Waals surface area (Å²) in [5.41, 5.74) is 9.01. The maximum atomic E-state index is 6.16. The number of imidazole rings is 1. The highest BCUT2D eigenvalue weighted by molar-refractivity contribution is 6.42. The molecule has 1 aromatic heterocycles. The molecule has 1 aliphatic rings. The van der Waals surface area contributed by atoms with E-state index in [1.165, 1.54) is 0 Å². The zero-order chi connectivity index (χ0) is 15.3. The minimum Gasteiger partial charge on any atom is -0.290 e. The molecule has 0 unspecified atom stereocenters. The zero-order valence-corrected chi connectivity index (χ0v) is 12.9. The molecule has 0 saturated carbocycles. The van der Waals surface area contributed by atoms with Crippen LogP contribution in [0.1, 0.15) is 11.7 Å². The molecule has 5 nitrogen and oxygen atoms in total. The number of aromatic amines is 1. The first kappa shape index (κ1) is 13.4. The fraction of sp³-hybridized carbons (Fsp3) is 0.0667. The van der Waals surface area contributed by atoms with E-state index in [4.69, 9.17) is 28.9 Å². The number of hydrogen-bond donors (Lipinski definition) is 4. The number of fused-ring (bicyclic) bond motifs is 3. The average molecular weight is 334 g/mol. The Hall–Kier alpha value is -2.24. The van der Waals surface area contributed by atoms with Gasteiger partial charge in [0.2, 0.25) is 6.17 Å². The molecule has 0 fully saturated rings. The van der Waals surface area contributed by atoms with Crippen LogP contribution in [0.2, 0.25) is 10.0 Å². The van der Waals surface area contributed by atoms with E-state index < -0.39 is 0 Å². The van der Waals surface area contributed by atoms with Gasteiger partial charge in [-0.1, -0.05) is 41.4 Å². The molecule has 5 N–H and O–H groups in total. The van der Waals surface area contributed by atoms with Gasteiger partial charge in [0.15, 0.2) is 0 Å². The number of nitrogens with zero attached hydrogens (tertiary/aromatic N) is 1. The number of nitrogens with one attached hydrogen (secondary N) is 3. The van der Waals surface area contributed by atoms with Crippen LogP contribution in [0.25, 0.3) is 11.0 Å². The number of halogens is 2. The molecule has 0 saturated heterocycles. The van der Waals surface area contributed by atoms with Gasteiger partial charge < -0.3 is 0 Å². The molecule has 3 aromatic rings. The van der Waals surface area contributed by atoms with E-state index >= 15 is 0 Å². The third-order valence-electron chi connectivity index (χ3n) is 3.72. The molecule has 0 amide bonds. The summed E-state index contributed by atoms with van der Waals surface area (Å²) in [6.07, 6.45) is -0.179. The number of guanidine groups is 1. The molecule has 0 bridgehead atoms. The van der Waals surface area contributed by atoms with E-state index in [0.717, 1.165) is 22.5 Å². The summed E-state index contributed by atoms with van der Waals surface area (Å²) in [6.45, 7) is 0. The molecule has 22 heavy (non-hydrogen) atoms. The molecule has 110 valence electrons. The maximum absolute atomic E-state index is 6.16. The summed E-state index contributed by atoms with van der Waals surface area (Å²) in [5.74, 6) is 1.29. The van der Waals surface area contributed by atoms with Gasteiger partial charge in [-0.25, -0.2) is 9.98 Å². The lowest BCUT2D eigenvalue weighted by Gasteiger charge is -2.17. The van der Waals surface area contributed by atoms with Crippen LogP contribution >= 0.6 is 23.2 Å². The SMILES string of the molecule is NC1=[NH+][C@@H](c2ccc(Cl)c(Cl)c2)[n+]2c([nH]c3ccccc32)N1. The minimum absolute atomic E-state index is 0.179. The van der Waals surface area contributed by atoms with Crippen molar-refractivity contribution in [2.45, 2.75) is 6.17 Å². The molecular formula is C15H13Cl2N5+2. The van der Waals surface area contributed by atoms with Gasteiger partial charge in [-0.2, -0.15) is 9.88 Å². The van der Waals surface area contributed by atoms with Gasteiger partial charge in [0.1, 0.15) is 11.0 Å². The lowest BCUT2D eigenvalue weighted by molar-refractivity contribution is -0.840. The second-order valence-corrected chi connectivity index (χ2v) is 5.93. The van der Waals surface area contributed by atoms with E-state index in [2.05, 4.69) is 19.9 Å². The summed E-state index contributed by atoms with van der Waals surface area (Å²) in [5, 5.41) is 4.15. The van der Waals surface area contributed by atoms with Crippen LogP contribution in [0.5, 0.6) is 0 Å². The summed E-state index contributed by atoms with van der Waals surface area (Å²) >= 11 is 12.2. The second kappa shape index (κ2) is 4.90. The van der Waals surface area contributed by atoms with Crippen LogP contribution in [-0.4, -0.2) is 10.9 Å². The lowest BCUT2D eigenvalue weighted by atomic mass is 10.1. The second-order valence-electron chi connectivity index (χ2n) is 5.12. The van der Waals surface area contributed by atoms with Gasteiger partial charge in [-0.15, -0.1) is 0 Å². The minimum atomic E-state index is -0.179. The number of anilines is 1. The summed E-state index contributed by atoms with van der Waals surface area (Å²) in [6, 6.07) is 13.6. The highest BCUT2D eigenvalue weighted by Crippen LogP contribution is 2.25. The predicted octanol–water partition coefficient (Wildman–Crippen LogP) is 1.13. The Morgan fingerprint density at radius 2 is 1.91 bits per heavy atom. The number of benzene rings is 2. The fourth-order valence-corrected chi connectivity index (χ4v) is 3.05. The third kappa shape index (κ3) is 2.01. The van der Waals surface area contributed by atoms with Crippen molar-refractivity contribution in [2.24, 2.45) is 5.73 Å². The van der Waals surface area contributed by atoms with Crippen LogP contribution < -0.4 is 20.6 Å². The monoisotopic (exact) mass is 333 g/mol. The van der Waals surface area contributed by atoms with Gasteiger partial charge in [0, 0.05) is 5.56 Å². The lowest BCUT2D eigenvalue weighted by Crippen LogP contribution is -2.88. The molecule has 2 aromatic carbocycles. The van der Waals surface area contributed by atoms with Crippen molar-refractivity contribution in [3.63, 3.8) is 0 Å². The topological polar surface area (TPSA) is 71.7 Å². The Morgan fingerprint density at radius 3 is 2.73 bits per heavy atom. The van der Waals surface area contributed by atoms with Gasteiger partial charge in [-0.3, -0.25) is 5.73 Å². The fourth-order valence-electron chi connectivity index (χ4n) is 2.75. The first-order valence-electron chi connectivity index (χ1n) is 6.76. The molecule has 1 aliphatic heterocycles. The molecule has 0 aliphatic carbocycles. The normalized spacial score (nSPS) is 17.0.